The van der Waals surface area contributed by atoms with Gasteiger partial charge in [0.1, 0.15) is 5.76 Å². The van der Waals surface area contributed by atoms with Crippen molar-refractivity contribution in [1.82, 2.24) is 0 Å². The Bertz CT molecular complexity index is 649. The largest absolute Gasteiger partial charge is 0.468 e. The summed E-state index contributed by atoms with van der Waals surface area (Å²) < 4.78 is 5.56. The molecule has 1 aliphatic rings. The van der Waals surface area contributed by atoms with Crippen molar-refractivity contribution in [2.45, 2.75) is 39.5 Å². The Morgan fingerprint density at radius 2 is 1.89 bits per heavy atom. The van der Waals surface area contributed by atoms with Gasteiger partial charge in [-0.1, -0.05) is 23.8 Å². The normalized spacial score (nSPS) is 18.5. The number of hydrogen-bond acceptors (Lipinski definition) is 2. The molecule has 2 nitrogen and oxygen atoms in total. The molecule has 0 amide bonds. The summed E-state index contributed by atoms with van der Waals surface area (Å²) in [6.07, 6.45) is 3.13. The Morgan fingerprint density at radius 1 is 1.11 bits per heavy atom. The molecule has 1 atom stereocenters. The molecule has 0 radical (unpaired) electrons. The van der Waals surface area contributed by atoms with Crippen molar-refractivity contribution >= 4 is 5.78 Å². The molecule has 0 saturated heterocycles. The minimum absolute atomic E-state index is 0.221. The first-order chi connectivity index (χ1) is 9.06. The van der Waals surface area contributed by atoms with Gasteiger partial charge >= 0.3 is 0 Å². The second-order valence-corrected chi connectivity index (χ2v) is 5.61. The summed E-state index contributed by atoms with van der Waals surface area (Å²) >= 11 is 0. The lowest BCUT2D eigenvalue weighted by Gasteiger charge is -2.23. The van der Waals surface area contributed by atoms with Crippen molar-refractivity contribution < 1.29 is 9.21 Å². The molecule has 1 unspecified atom stereocenters. The van der Waals surface area contributed by atoms with Gasteiger partial charge in [0, 0.05) is 12.8 Å². The molecule has 0 aliphatic heterocycles. The standard InChI is InChI=1S/C17H18O2/c1-10-4-5-11(2)14(6-10)13-7-15(18)17-12(3)9-19-16(17)8-13/h4-6,9,13H,7-8H2,1-3H3. The van der Waals surface area contributed by atoms with Gasteiger partial charge in [-0.15, -0.1) is 0 Å². The summed E-state index contributed by atoms with van der Waals surface area (Å²) in [5.41, 5.74) is 5.58. The molecular weight excluding hydrogens is 236 g/mol. The quantitative estimate of drug-likeness (QED) is 0.766. The number of furan rings is 1. The van der Waals surface area contributed by atoms with Gasteiger partial charge in [0.05, 0.1) is 11.8 Å². The van der Waals surface area contributed by atoms with Crippen LogP contribution in [-0.2, 0) is 6.42 Å². The molecule has 0 saturated carbocycles. The van der Waals surface area contributed by atoms with Gasteiger partial charge in [-0.2, -0.15) is 0 Å². The van der Waals surface area contributed by atoms with E-state index in [1.165, 1.54) is 16.7 Å². The minimum Gasteiger partial charge on any atom is -0.468 e. The van der Waals surface area contributed by atoms with E-state index in [4.69, 9.17) is 4.42 Å². The van der Waals surface area contributed by atoms with Crippen LogP contribution in [0.4, 0.5) is 0 Å². The van der Waals surface area contributed by atoms with Crippen molar-refractivity contribution in [1.29, 1.82) is 0 Å². The van der Waals surface area contributed by atoms with Crippen LogP contribution in [0.15, 0.2) is 28.9 Å². The molecule has 0 N–H and O–H groups in total. The van der Waals surface area contributed by atoms with Crippen molar-refractivity contribution in [3.8, 4) is 0 Å². The van der Waals surface area contributed by atoms with E-state index in [9.17, 15) is 4.79 Å². The summed E-state index contributed by atoms with van der Waals surface area (Å²) in [4.78, 5) is 12.3. The average molecular weight is 254 g/mol. The number of ketones is 1. The van der Waals surface area contributed by atoms with Crippen molar-refractivity contribution in [2.75, 3.05) is 0 Å². The van der Waals surface area contributed by atoms with Gasteiger partial charge in [0.25, 0.3) is 0 Å². The van der Waals surface area contributed by atoms with Crippen molar-refractivity contribution in [3.63, 3.8) is 0 Å². The molecule has 0 spiro atoms. The molecule has 1 aromatic carbocycles. The molecule has 0 fully saturated rings. The number of aryl methyl sites for hydroxylation is 3. The van der Waals surface area contributed by atoms with Crippen LogP contribution in [-0.4, -0.2) is 5.78 Å². The second-order valence-electron chi connectivity index (χ2n) is 5.61. The van der Waals surface area contributed by atoms with Crippen LogP contribution >= 0.6 is 0 Å². The van der Waals surface area contributed by atoms with E-state index in [1.54, 1.807) is 6.26 Å². The van der Waals surface area contributed by atoms with Crippen molar-refractivity contribution in [3.05, 3.63) is 58.0 Å². The highest BCUT2D eigenvalue weighted by atomic mass is 16.3. The van der Waals surface area contributed by atoms with E-state index < -0.39 is 0 Å². The molecule has 19 heavy (non-hydrogen) atoms. The van der Waals surface area contributed by atoms with Crippen LogP contribution in [0.1, 0.15) is 50.7 Å². The predicted octanol–water partition coefficient (Wildman–Crippen LogP) is 4.12. The highest BCUT2D eigenvalue weighted by molar-refractivity contribution is 6.00. The number of carbonyl (C=O) groups excluding carboxylic acids is 1. The molecule has 1 aliphatic carbocycles. The van der Waals surface area contributed by atoms with Gasteiger partial charge in [-0.25, -0.2) is 0 Å². The van der Waals surface area contributed by atoms with Crippen LogP contribution in [0.5, 0.6) is 0 Å². The highest BCUT2D eigenvalue weighted by Crippen LogP contribution is 2.36. The smallest absolute Gasteiger partial charge is 0.167 e. The first-order valence-corrected chi connectivity index (χ1v) is 6.73. The predicted molar refractivity (Wildman–Crippen MR) is 74.8 cm³/mol. The summed E-state index contributed by atoms with van der Waals surface area (Å²) in [6.45, 7) is 6.15. The molecule has 2 aromatic rings. The maximum Gasteiger partial charge on any atom is 0.167 e. The Kier molecular flexibility index (Phi) is 2.81. The van der Waals surface area contributed by atoms with E-state index >= 15 is 0 Å². The topological polar surface area (TPSA) is 30.2 Å². The summed E-state index contributed by atoms with van der Waals surface area (Å²) in [5.74, 6) is 1.34. The minimum atomic E-state index is 0.221. The molecule has 0 bridgehead atoms. The van der Waals surface area contributed by atoms with Crippen LogP contribution in [0.3, 0.4) is 0 Å². The van der Waals surface area contributed by atoms with Crippen LogP contribution < -0.4 is 0 Å². The number of fused-ring (bicyclic) bond motifs is 1. The number of rotatable bonds is 1. The van der Waals surface area contributed by atoms with E-state index in [0.717, 1.165) is 23.3 Å². The van der Waals surface area contributed by atoms with Gasteiger partial charge in [0.2, 0.25) is 0 Å². The third-order valence-corrected chi connectivity index (χ3v) is 4.07. The van der Waals surface area contributed by atoms with Gasteiger partial charge in [0.15, 0.2) is 5.78 Å². The summed E-state index contributed by atoms with van der Waals surface area (Å²) in [5, 5.41) is 0. The van der Waals surface area contributed by atoms with Crippen molar-refractivity contribution in [2.24, 2.45) is 0 Å². The van der Waals surface area contributed by atoms with Crippen LogP contribution in [0.2, 0.25) is 0 Å². The van der Waals surface area contributed by atoms with E-state index in [1.807, 2.05) is 6.92 Å². The number of Topliss-reactive ketones (excluding diaryl/α,β-unsaturated/α-hetero) is 1. The molecule has 1 aromatic heterocycles. The Labute approximate surface area is 113 Å². The molecule has 98 valence electrons. The van der Waals surface area contributed by atoms with E-state index in [-0.39, 0.29) is 11.7 Å². The fourth-order valence-corrected chi connectivity index (χ4v) is 3.06. The molecular formula is C17H18O2. The maximum atomic E-state index is 12.3. The Hall–Kier alpha value is -1.83. The van der Waals surface area contributed by atoms with Crippen LogP contribution in [0, 0.1) is 20.8 Å². The lowest BCUT2D eigenvalue weighted by molar-refractivity contribution is 0.0960. The number of hydrogen-bond donors (Lipinski definition) is 0. The summed E-state index contributed by atoms with van der Waals surface area (Å²) in [6, 6.07) is 6.46. The van der Waals surface area contributed by atoms with E-state index in [2.05, 4.69) is 32.0 Å². The first kappa shape index (κ1) is 12.2. The second kappa shape index (κ2) is 4.37. The zero-order chi connectivity index (χ0) is 13.6. The average Bonchev–Trinajstić information content (AvgIpc) is 2.74. The third kappa shape index (κ3) is 2.01. The lowest BCUT2D eigenvalue weighted by Crippen LogP contribution is -2.18. The highest BCUT2D eigenvalue weighted by Gasteiger charge is 2.30. The van der Waals surface area contributed by atoms with Gasteiger partial charge in [-0.3, -0.25) is 4.79 Å². The number of carbonyl (C=O) groups is 1. The fraction of sp³-hybridized carbons (Fsp3) is 0.353. The zero-order valence-electron chi connectivity index (χ0n) is 11.6. The third-order valence-electron chi connectivity index (χ3n) is 4.07. The van der Waals surface area contributed by atoms with Gasteiger partial charge in [-0.05, 0) is 43.4 Å². The number of benzene rings is 1. The van der Waals surface area contributed by atoms with E-state index in [0.29, 0.717) is 6.42 Å². The Morgan fingerprint density at radius 3 is 2.68 bits per heavy atom. The fourth-order valence-electron chi connectivity index (χ4n) is 3.06. The monoisotopic (exact) mass is 254 g/mol. The lowest BCUT2D eigenvalue weighted by atomic mass is 9.80. The Balaban J connectivity index is 2.01. The SMILES string of the molecule is Cc1ccc(C)c(C2CC(=O)c3c(C)coc3C2)c1. The molecule has 1 heterocycles. The molecule has 3 rings (SSSR count). The van der Waals surface area contributed by atoms with Crippen LogP contribution in [0.25, 0.3) is 0 Å². The first-order valence-electron chi connectivity index (χ1n) is 6.73. The zero-order valence-corrected chi connectivity index (χ0v) is 11.6. The maximum absolute atomic E-state index is 12.3. The molecule has 2 heteroatoms. The summed E-state index contributed by atoms with van der Waals surface area (Å²) in [7, 11) is 0. The van der Waals surface area contributed by atoms with Gasteiger partial charge < -0.3 is 4.42 Å².